The molecule has 2 atom stereocenters. The average molecular weight is 473 g/mol. The van der Waals surface area contributed by atoms with Gasteiger partial charge in [0.25, 0.3) is 0 Å². The summed E-state index contributed by atoms with van der Waals surface area (Å²) >= 11 is 0. The first-order valence-corrected chi connectivity index (χ1v) is 12.9. The van der Waals surface area contributed by atoms with Crippen LogP contribution in [0.25, 0.3) is 0 Å². The van der Waals surface area contributed by atoms with Crippen molar-refractivity contribution in [2.24, 2.45) is 0 Å². The average Bonchev–Trinajstić information content (AvgIpc) is 3.37. The van der Waals surface area contributed by atoms with Gasteiger partial charge in [-0.3, -0.25) is 5.10 Å². The van der Waals surface area contributed by atoms with Crippen LogP contribution in [-0.2, 0) is 17.6 Å². The van der Waals surface area contributed by atoms with Gasteiger partial charge in [-0.2, -0.15) is 5.10 Å². The van der Waals surface area contributed by atoms with Crippen molar-refractivity contribution in [3.8, 4) is 0 Å². The summed E-state index contributed by atoms with van der Waals surface area (Å²) in [4.78, 5) is 17.4. The number of carbonyl (C=O) groups excluding carboxylic acids is 1. The Bertz CT molecular complexity index is 1130. The van der Waals surface area contributed by atoms with Gasteiger partial charge < -0.3 is 14.5 Å². The molecule has 5 rings (SSSR count). The van der Waals surface area contributed by atoms with Crippen molar-refractivity contribution in [1.29, 1.82) is 0 Å². The normalized spacial score (nSPS) is 20.7. The first-order valence-electron chi connectivity index (χ1n) is 12.9. The summed E-state index contributed by atoms with van der Waals surface area (Å²) in [6.45, 7) is 8.32. The minimum atomic E-state index is 0.128. The molecule has 2 amide bonds. The maximum Gasteiger partial charge on any atom is 0.320 e. The zero-order valence-corrected chi connectivity index (χ0v) is 20.9. The Morgan fingerprint density at radius 1 is 1.00 bits per heavy atom. The van der Waals surface area contributed by atoms with Crippen molar-refractivity contribution in [2.45, 2.75) is 44.9 Å². The van der Waals surface area contributed by atoms with E-state index in [0.29, 0.717) is 38.8 Å². The SMILES string of the molecule is CCc1ccc(C2CC(c3cc(Cc4cccc(C)c4)[nH]n3)CN(C(=O)N3CCOCC3)C2)cc1. The molecule has 184 valence electrons. The summed E-state index contributed by atoms with van der Waals surface area (Å²) in [6, 6.07) is 19.9. The molecule has 2 unspecified atom stereocenters. The highest BCUT2D eigenvalue weighted by Gasteiger charge is 2.35. The lowest BCUT2D eigenvalue weighted by Crippen LogP contribution is -2.52. The number of rotatable bonds is 5. The molecule has 2 fully saturated rings. The van der Waals surface area contributed by atoms with Crippen LogP contribution in [0.15, 0.2) is 54.6 Å². The smallest absolute Gasteiger partial charge is 0.320 e. The largest absolute Gasteiger partial charge is 0.378 e. The molecule has 3 heterocycles. The predicted octanol–water partition coefficient (Wildman–Crippen LogP) is 4.90. The second-order valence-electron chi connectivity index (χ2n) is 10.00. The van der Waals surface area contributed by atoms with Crippen molar-refractivity contribution in [3.05, 3.63) is 88.2 Å². The predicted molar refractivity (Wildman–Crippen MR) is 138 cm³/mol. The molecule has 0 bridgehead atoms. The van der Waals surface area contributed by atoms with Gasteiger partial charge in [-0.25, -0.2) is 4.79 Å². The molecule has 3 aromatic rings. The van der Waals surface area contributed by atoms with Gasteiger partial charge in [-0.15, -0.1) is 0 Å². The molecule has 6 nitrogen and oxygen atoms in total. The molecule has 0 radical (unpaired) electrons. The van der Waals surface area contributed by atoms with E-state index in [1.807, 2.05) is 9.80 Å². The van der Waals surface area contributed by atoms with E-state index in [1.165, 1.54) is 22.3 Å². The number of H-pyrrole nitrogens is 1. The maximum absolute atomic E-state index is 13.5. The fourth-order valence-electron chi connectivity index (χ4n) is 5.41. The van der Waals surface area contributed by atoms with Crippen LogP contribution >= 0.6 is 0 Å². The summed E-state index contributed by atoms with van der Waals surface area (Å²) in [5.74, 6) is 0.494. The fraction of sp³-hybridized carbons (Fsp3) is 0.448. The number of nitrogens with zero attached hydrogens (tertiary/aromatic N) is 3. The second kappa shape index (κ2) is 10.6. The standard InChI is InChI=1S/C29H36N4O2/c1-3-22-7-9-24(10-8-22)25-17-26(20-33(19-25)29(34)32-11-13-35-14-12-32)28-18-27(30-31-28)16-23-6-4-5-21(2)15-23/h4-10,15,18,25-26H,3,11-14,16-17,19-20H2,1-2H3,(H,30,31). The lowest BCUT2D eigenvalue weighted by molar-refractivity contribution is 0.0398. The number of ether oxygens (including phenoxy) is 1. The third kappa shape index (κ3) is 5.59. The van der Waals surface area contributed by atoms with E-state index in [1.54, 1.807) is 0 Å². The van der Waals surface area contributed by atoms with Crippen LogP contribution in [-0.4, -0.2) is 65.4 Å². The van der Waals surface area contributed by atoms with E-state index in [0.717, 1.165) is 37.2 Å². The molecule has 1 aromatic heterocycles. The number of nitrogens with one attached hydrogen (secondary N) is 1. The molecule has 2 aliphatic heterocycles. The van der Waals surface area contributed by atoms with Gasteiger partial charge in [0.15, 0.2) is 0 Å². The Balaban J connectivity index is 1.37. The van der Waals surface area contributed by atoms with Crippen molar-refractivity contribution in [3.63, 3.8) is 0 Å². The van der Waals surface area contributed by atoms with Gasteiger partial charge in [-0.1, -0.05) is 61.0 Å². The van der Waals surface area contributed by atoms with E-state index in [-0.39, 0.29) is 11.9 Å². The third-order valence-electron chi connectivity index (χ3n) is 7.41. The van der Waals surface area contributed by atoms with E-state index in [4.69, 9.17) is 9.84 Å². The highest BCUT2D eigenvalue weighted by Crippen LogP contribution is 2.36. The number of hydrogen-bond acceptors (Lipinski definition) is 3. The number of likely N-dealkylation sites (tertiary alicyclic amines) is 1. The van der Waals surface area contributed by atoms with E-state index < -0.39 is 0 Å². The van der Waals surface area contributed by atoms with E-state index >= 15 is 0 Å². The van der Waals surface area contributed by atoms with Gasteiger partial charge in [0.2, 0.25) is 0 Å². The molecule has 2 aromatic carbocycles. The number of piperidine rings is 1. The minimum absolute atomic E-state index is 0.128. The zero-order chi connectivity index (χ0) is 24.2. The van der Waals surface area contributed by atoms with Crippen LogP contribution in [0.1, 0.15) is 58.8 Å². The van der Waals surface area contributed by atoms with Gasteiger partial charge in [0.05, 0.1) is 18.9 Å². The molecule has 35 heavy (non-hydrogen) atoms. The van der Waals surface area contributed by atoms with Gasteiger partial charge in [0, 0.05) is 50.1 Å². The number of hydrogen-bond donors (Lipinski definition) is 1. The number of amides is 2. The maximum atomic E-state index is 13.5. The number of urea groups is 1. The summed E-state index contributed by atoms with van der Waals surface area (Å²) in [6.07, 6.45) is 2.86. The highest BCUT2D eigenvalue weighted by molar-refractivity contribution is 5.75. The van der Waals surface area contributed by atoms with E-state index in [2.05, 4.69) is 73.5 Å². The monoisotopic (exact) mass is 472 g/mol. The van der Waals surface area contributed by atoms with Gasteiger partial charge in [-0.05, 0) is 42.5 Å². The van der Waals surface area contributed by atoms with Gasteiger partial charge >= 0.3 is 6.03 Å². The van der Waals surface area contributed by atoms with Crippen LogP contribution in [0.2, 0.25) is 0 Å². The number of benzene rings is 2. The van der Waals surface area contributed by atoms with Crippen LogP contribution in [0.5, 0.6) is 0 Å². The van der Waals surface area contributed by atoms with Crippen molar-refractivity contribution in [2.75, 3.05) is 39.4 Å². The Labute approximate surface area is 208 Å². The third-order valence-corrected chi connectivity index (χ3v) is 7.41. The van der Waals surface area contributed by atoms with Crippen molar-refractivity contribution >= 4 is 6.03 Å². The molecular formula is C29H36N4O2. The number of carbonyl (C=O) groups is 1. The fourth-order valence-corrected chi connectivity index (χ4v) is 5.41. The molecule has 0 spiro atoms. The Kier molecular flexibility index (Phi) is 7.19. The second-order valence-corrected chi connectivity index (χ2v) is 10.00. The molecule has 2 saturated heterocycles. The van der Waals surface area contributed by atoms with Crippen LogP contribution in [0.3, 0.4) is 0 Å². The van der Waals surface area contributed by atoms with Crippen LogP contribution in [0, 0.1) is 6.92 Å². The highest BCUT2D eigenvalue weighted by atomic mass is 16.5. The number of morpholine rings is 1. The molecule has 1 N–H and O–H groups in total. The topological polar surface area (TPSA) is 61.5 Å². The first-order chi connectivity index (χ1) is 17.1. The summed E-state index contributed by atoms with van der Waals surface area (Å²) in [7, 11) is 0. The van der Waals surface area contributed by atoms with Crippen molar-refractivity contribution in [1.82, 2.24) is 20.0 Å². The molecule has 0 aliphatic carbocycles. The number of aromatic nitrogens is 2. The molecule has 0 saturated carbocycles. The van der Waals surface area contributed by atoms with E-state index in [9.17, 15) is 4.79 Å². The van der Waals surface area contributed by atoms with Gasteiger partial charge in [0.1, 0.15) is 0 Å². The first kappa shape index (κ1) is 23.6. The van der Waals surface area contributed by atoms with Crippen LogP contribution in [0.4, 0.5) is 4.79 Å². The quantitative estimate of drug-likeness (QED) is 0.575. The number of aromatic amines is 1. The minimum Gasteiger partial charge on any atom is -0.378 e. The Morgan fingerprint density at radius 2 is 1.77 bits per heavy atom. The molecular weight excluding hydrogens is 436 g/mol. The molecule has 6 heteroatoms. The number of aryl methyl sites for hydroxylation is 2. The summed E-state index contributed by atoms with van der Waals surface area (Å²) < 4.78 is 5.47. The Morgan fingerprint density at radius 3 is 2.51 bits per heavy atom. The lowest BCUT2D eigenvalue weighted by atomic mass is 9.82. The molecule has 2 aliphatic rings. The Hall–Kier alpha value is -3.12. The van der Waals surface area contributed by atoms with Crippen molar-refractivity contribution < 1.29 is 9.53 Å². The summed E-state index contributed by atoms with van der Waals surface area (Å²) in [5.41, 5.74) is 7.37. The van der Waals surface area contributed by atoms with Crippen LogP contribution < -0.4 is 0 Å². The zero-order valence-electron chi connectivity index (χ0n) is 20.9. The lowest BCUT2D eigenvalue weighted by Gasteiger charge is -2.40. The summed E-state index contributed by atoms with van der Waals surface area (Å²) in [5, 5.41) is 7.99.